The minimum Gasteiger partial charge on any atom is -0.444 e. The zero-order chi connectivity index (χ0) is 13.8. The fourth-order valence-electron chi connectivity index (χ4n) is 2.00. The summed E-state index contributed by atoms with van der Waals surface area (Å²) in [5.74, 6) is -0.192. The molecule has 0 aliphatic carbocycles. The summed E-state index contributed by atoms with van der Waals surface area (Å²) >= 11 is 0. The molecular weight excluding hydrogens is 232 g/mol. The maximum Gasteiger partial charge on any atom is 0.410 e. The van der Waals surface area contributed by atoms with Crippen molar-refractivity contribution in [2.45, 2.75) is 58.1 Å². The fourth-order valence-corrected chi connectivity index (χ4v) is 2.00. The van der Waals surface area contributed by atoms with Crippen LogP contribution < -0.4 is 0 Å². The van der Waals surface area contributed by atoms with Gasteiger partial charge in [-0.05, 0) is 40.0 Å². The summed E-state index contributed by atoms with van der Waals surface area (Å²) in [5.41, 5.74) is -0.572. The number of likely N-dealkylation sites (tertiary alicyclic amines) is 1. The third kappa shape index (κ3) is 4.02. The van der Waals surface area contributed by atoms with Gasteiger partial charge >= 0.3 is 6.09 Å². The molecule has 0 spiro atoms. The van der Waals surface area contributed by atoms with Gasteiger partial charge in [-0.3, -0.25) is 9.69 Å². The van der Waals surface area contributed by atoms with E-state index in [0.717, 1.165) is 12.8 Å². The molecule has 1 amide bonds. The third-order valence-corrected chi connectivity index (χ3v) is 2.76. The highest BCUT2D eigenvalue weighted by atomic mass is 16.6. The van der Waals surface area contributed by atoms with Gasteiger partial charge in [0.15, 0.2) is 5.78 Å². The molecule has 0 aromatic rings. The van der Waals surface area contributed by atoms with Crippen LogP contribution in [-0.2, 0) is 9.53 Å². The Kier molecular flexibility index (Phi) is 4.71. The van der Waals surface area contributed by atoms with Gasteiger partial charge in [-0.15, -0.1) is 0 Å². The number of carbonyl (C=O) groups is 2. The third-order valence-electron chi connectivity index (χ3n) is 2.76. The van der Waals surface area contributed by atoms with E-state index in [9.17, 15) is 9.59 Å². The maximum absolute atomic E-state index is 12.0. The van der Waals surface area contributed by atoms with Gasteiger partial charge in [0, 0.05) is 6.54 Å². The van der Waals surface area contributed by atoms with Crippen LogP contribution in [0, 0.1) is 11.3 Å². The van der Waals surface area contributed by atoms with Crippen LogP contribution in [0.5, 0.6) is 0 Å². The minimum absolute atomic E-state index is 0.149. The smallest absolute Gasteiger partial charge is 0.410 e. The first kappa shape index (κ1) is 14.5. The van der Waals surface area contributed by atoms with Gasteiger partial charge in [-0.2, -0.15) is 5.26 Å². The molecule has 0 unspecified atom stereocenters. The molecule has 0 saturated carbocycles. The molecule has 0 aromatic heterocycles. The van der Waals surface area contributed by atoms with E-state index in [2.05, 4.69) is 0 Å². The van der Waals surface area contributed by atoms with Crippen molar-refractivity contribution in [3.05, 3.63) is 0 Å². The van der Waals surface area contributed by atoms with E-state index in [-0.39, 0.29) is 12.2 Å². The number of hydrogen-bond donors (Lipinski definition) is 0. The lowest BCUT2D eigenvalue weighted by Crippen LogP contribution is -2.49. The second-order valence-electron chi connectivity index (χ2n) is 5.49. The molecule has 1 atom stereocenters. The van der Waals surface area contributed by atoms with Crippen molar-refractivity contribution in [3.63, 3.8) is 0 Å². The fraction of sp³-hybridized carbons (Fsp3) is 0.769. The first-order chi connectivity index (χ1) is 8.35. The predicted molar refractivity (Wildman–Crippen MR) is 65.8 cm³/mol. The second kappa shape index (κ2) is 5.85. The lowest BCUT2D eigenvalue weighted by molar-refractivity contribution is -0.124. The molecule has 1 saturated heterocycles. The van der Waals surface area contributed by atoms with E-state index >= 15 is 0 Å². The number of nitriles is 1. The molecular formula is C13H20N2O3. The quantitative estimate of drug-likeness (QED) is 0.755. The van der Waals surface area contributed by atoms with E-state index in [0.29, 0.717) is 13.0 Å². The van der Waals surface area contributed by atoms with Crippen LogP contribution in [0.15, 0.2) is 0 Å². The number of hydrogen-bond acceptors (Lipinski definition) is 4. The largest absolute Gasteiger partial charge is 0.444 e. The molecule has 0 radical (unpaired) electrons. The molecule has 0 aromatic carbocycles. The number of nitrogens with zero attached hydrogens (tertiary/aromatic N) is 2. The molecule has 1 fully saturated rings. The highest BCUT2D eigenvalue weighted by molar-refractivity contribution is 5.89. The first-order valence-corrected chi connectivity index (χ1v) is 6.24. The predicted octanol–water partition coefficient (Wildman–Crippen LogP) is 2.26. The second-order valence-corrected chi connectivity index (χ2v) is 5.49. The number of amides is 1. The molecule has 1 aliphatic rings. The Hall–Kier alpha value is -1.57. The molecule has 5 nitrogen and oxygen atoms in total. The number of ether oxygens (including phenoxy) is 1. The molecule has 5 heteroatoms. The normalized spacial score (nSPS) is 20.1. The van der Waals surface area contributed by atoms with Crippen molar-refractivity contribution < 1.29 is 14.3 Å². The minimum atomic E-state index is -0.572. The van der Waals surface area contributed by atoms with Crippen LogP contribution in [0.25, 0.3) is 0 Å². The Balaban J connectivity index is 2.73. The number of Topliss-reactive ketones (excluding diaryl/α,β-unsaturated/α-hetero) is 1. The van der Waals surface area contributed by atoms with Gasteiger partial charge in [0.25, 0.3) is 0 Å². The van der Waals surface area contributed by atoms with Gasteiger partial charge in [0.2, 0.25) is 0 Å². The number of rotatable bonds is 2. The van der Waals surface area contributed by atoms with Gasteiger partial charge in [0.05, 0.1) is 18.5 Å². The Bertz CT molecular complexity index is 365. The standard InChI is InChI=1S/C13H20N2O3/c1-13(2,3)18-12(17)15-9-5-4-6-10(15)11(16)7-8-14/h10H,4-7,9H2,1-3H3/t10-/m1/s1. The topological polar surface area (TPSA) is 70.4 Å². The van der Waals surface area contributed by atoms with Crippen LogP contribution in [-0.4, -0.2) is 35.0 Å². The summed E-state index contributed by atoms with van der Waals surface area (Å²) in [6.45, 7) is 5.90. The summed E-state index contributed by atoms with van der Waals surface area (Å²) in [4.78, 5) is 25.3. The van der Waals surface area contributed by atoms with Gasteiger partial charge in [0.1, 0.15) is 5.60 Å². The average molecular weight is 252 g/mol. The highest BCUT2D eigenvalue weighted by Gasteiger charge is 2.34. The number of carbonyl (C=O) groups excluding carboxylic acids is 2. The van der Waals surface area contributed by atoms with Crippen molar-refractivity contribution in [3.8, 4) is 6.07 Å². The number of ketones is 1. The van der Waals surface area contributed by atoms with Crippen molar-refractivity contribution >= 4 is 11.9 Å². The van der Waals surface area contributed by atoms with E-state index in [1.165, 1.54) is 4.90 Å². The average Bonchev–Trinajstić information content (AvgIpc) is 2.27. The van der Waals surface area contributed by atoms with Crippen LogP contribution in [0.4, 0.5) is 4.79 Å². The molecule has 1 heterocycles. The summed E-state index contributed by atoms with van der Waals surface area (Å²) in [6.07, 6.45) is 1.79. The van der Waals surface area contributed by atoms with Crippen LogP contribution in [0.1, 0.15) is 46.5 Å². The Morgan fingerprint density at radius 2 is 2.06 bits per heavy atom. The number of piperidine rings is 1. The van der Waals surface area contributed by atoms with E-state index in [1.54, 1.807) is 20.8 Å². The zero-order valence-corrected chi connectivity index (χ0v) is 11.2. The van der Waals surface area contributed by atoms with E-state index in [4.69, 9.17) is 10.00 Å². The van der Waals surface area contributed by atoms with Gasteiger partial charge in [-0.1, -0.05) is 0 Å². The van der Waals surface area contributed by atoms with Crippen molar-refractivity contribution in [2.24, 2.45) is 0 Å². The highest BCUT2D eigenvalue weighted by Crippen LogP contribution is 2.21. The Labute approximate surface area is 108 Å². The van der Waals surface area contributed by atoms with Crippen LogP contribution in [0.3, 0.4) is 0 Å². The van der Waals surface area contributed by atoms with Crippen LogP contribution >= 0.6 is 0 Å². The Morgan fingerprint density at radius 1 is 1.39 bits per heavy atom. The molecule has 1 aliphatic heterocycles. The van der Waals surface area contributed by atoms with Crippen molar-refractivity contribution in [1.29, 1.82) is 5.26 Å². The molecule has 0 N–H and O–H groups in total. The Morgan fingerprint density at radius 3 is 2.61 bits per heavy atom. The summed E-state index contributed by atoms with van der Waals surface area (Å²) in [5, 5.41) is 8.57. The van der Waals surface area contributed by atoms with Gasteiger partial charge < -0.3 is 4.74 Å². The summed E-state index contributed by atoms with van der Waals surface area (Å²) in [7, 11) is 0. The SMILES string of the molecule is CC(C)(C)OC(=O)N1CCCC[C@@H]1C(=O)CC#N. The molecule has 18 heavy (non-hydrogen) atoms. The summed E-state index contributed by atoms with van der Waals surface area (Å²) in [6, 6.07) is 1.35. The van der Waals surface area contributed by atoms with E-state index < -0.39 is 17.7 Å². The van der Waals surface area contributed by atoms with Crippen molar-refractivity contribution in [2.75, 3.05) is 6.54 Å². The first-order valence-electron chi connectivity index (χ1n) is 6.24. The lowest BCUT2D eigenvalue weighted by Gasteiger charge is -2.35. The molecule has 0 bridgehead atoms. The van der Waals surface area contributed by atoms with E-state index in [1.807, 2.05) is 6.07 Å². The zero-order valence-electron chi connectivity index (χ0n) is 11.2. The molecule has 100 valence electrons. The van der Waals surface area contributed by atoms with Crippen LogP contribution in [0.2, 0.25) is 0 Å². The van der Waals surface area contributed by atoms with Gasteiger partial charge in [-0.25, -0.2) is 4.79 Å². The van der Waals surface area contributed by atoms with Crippen molar-refractivity contribution in [1.82, 2.24) is 4.90 Å². The summed E-state index contributed by atoms with van der Waals surface area (Å²) < 4.78 is 5.29. The lowest BCUT2D eigenvalue weighted by atomic mass is 9.97. The maximum atomic E-state index is 12.0. The monoisotopic (exact) mass is 252 g/mol. The molecule has 1 rings (SSSR count).